The average molecular weight is 367 g/mol. The lowest BCUT2D eigenvalue weighted by atomic mass is 10.2. The standard InChI is InChI=1S/C19H21N5OS/c1-3-13-24(4-2)15-10-8-14(9-11-15)17(25)21-19-23-22-18(26-19)16-7-5-6-12-20-16/h5-12H,3-4,13H2,1-2H3,(H,21,23,25). The fourth-order valence-electron chi connectivity index (χ4n) is 2.60. The molecule has 7 heteroatoms. The SMILES string of the molecule is CCCN(CC)c1ccc(C(=O)Nc2nnc(-c3ccccn3)s2)cc1. The fourth-order valence-corrected chi connectivity index (χ4v) is 3.31. The Labute approximate surface area is 156 Å². The molecule has 6 nitrogen and oxygen atoms in total. The zero-order valence-corrected chi connectivity index (χ0v) is 15.7. The Balaban J connectivity index is 1.68. The van der Waals surface area contributed by atoms with E-state index in [9.17, 15) is 4.79 Å². The Morgan fingerprint density at radius 2 is 1.92 bits per heavy atom. The van der Waals surface area contributed by atoms with Crippen molar-refractivity contribution in [1.82, 2.24) is 15.2 Å². The maximum absolute atomic E-state index is 12.4. The molecule has 0 aliphatic carbocycles. The first kappa shape index (κ1) is 18.0. The van der Waals surface area contributed by atoms with Gasteiger partial charge in [0.05, 0.1) is 0 Å². The minimum absolute atomic E-state index is 0.196. The molecule has 2 heterocycles. The van der Waals surface area contributed by atoms with Crippen LogP contribution in [0.5, 0.6) is 0 Å². The van der Waals surface area contributed by atoms with Crippen LogP contribution in [0.4, 0.5) is 10.8 Å². The number of aromatic nitrogens is 3. The van der Waals surface area contributed by atoms with Crippen molar-refractivity contribution in [3.05, 3.63) is 54.2 Å². The Kier molecular flexibility index (Phi) is 5.91. The van der Waals surface area contributed by atoms with Gasteiger partial charge in [-0.2, -0.15) is 0 Å². The van der Waals surface area contributed by atoms with Gasteiger partial charge in [-0.3, -0.25) is 15.1 Å². The number of rotatable bonds is 7. The fraction of sp³-hybridized carbons (Fsp3) is 0.263. The summed E-state index contributed by atoms with van der Waals surface area (Å²) in [7, 11) is 0. The summed E-state index contributed by atoms with van der Waals surface area (Å²) in [5, 5.41) is 12.1. The first-order valence-corrected chi connectivity index (χ1v) is 9.44. The van der Waals surface area contributed by atoms with Crippen LogP contribution in [0.25, 0.3) is 10.7 Å². The maximum atomic E-state index is 12.4. The van der Waals surface area contributed by atoms with E-state index in [2.05, 4.69) is 39.2 Å². The van der Waals surface area contributed by atoms with Crippen LogP contribution >= 0.6 is 11.3 Å². The summed E-state index contributed by atoms with van der Waals surface area (Å²) >= 11 is 1.30. The number of nitrogens with zero attached hydrogens (tertiary/aromatic N) is 4. The Morgan fingerprint density at radius 3 is 2.58 bits per heavy atom. The molecule has 3 aromatic rings. The maximum Gasteiger partial charge on any atom is 0.257 e. The zero-order valence-electron chi connectivity index (χ0n) is 14.8. The predicted molar refractivity (Wildman–Crippen MR) is 106 cm³/mol. The highest BCUT2D eigenvalue weighted by atomic mass is 32.1. The molecular weight excluding hydrogens is 346 g/mol. The van der Waals surface area contributed by atoms with Crippen LogP contribution in [0, 0.1) is 0 Å². The molecule has 0 saturated carbocycles. The van der Waals surface area contributed by atoms with Crippen LogP contribution in [0.15, 0.2) is 48.7 Å². The third-order valence-corrected chi connectivity index (χ3v) is 4.76. The molecule has 1 N–H and O–H groups in total. The van der Waals surface area contributed by atoms with E-state index in [1.165, 1.54) is 11.3 Å². The molecule has 1 aromatic carbocycles. The summed E-state index contributed by atoms with van der Waals surface area (Å²) in [6.45, 7) is 6.24. The second-order valence-corrected chi connectivity index (χ2v) is 6.69. The van der Waals surface area contributed by atoms with Crippen LogP contribution in [-0.2, 0) is 0 Å². The summed E-state index contributed by atoms with van der Waals surface area (Å²) in [5.41, 5.74) is 2.46. The van der Waals surface area contributed by atoms with E-state index in [1.807, 2.05) is 42.5 Å². The third-order valence-electron chi connectivity index (χ3n) is 3.90. The topological polar surface area (TPSA) is 71.0 Å². The number of carbonyl (C=O) groups is 1. The number of amides is 1. The van der Waals surface area contributed by atoms with Gasteiger partial charge in [0.1, 0.15) is 5.69 Å². The number of hydrogen-bond acceptors (Lipinski definition) is 6. The van der Waals surface area contributed by atoms with Gasteiger partial charge in [0.25, 0.3) is 5.91 Å². The summed E-state index contributed by atoms with van der Waals surface area (Å²) < 4.78 is 0. The van der Waals surface area contributed by atoms with E-state index in [-0.39, 0.29) is 5.91 Å². The number of benzene rings is 1. The van der Waals surface area contributed by atoms with Crippen molar-refractivity contribution in [3.63, 3.8) is 0 Å². The minimum Gasteiger partial charge on any atom is -0.372 e. The third kappa shape index (κ3) is 4.23. The van der Waals surface area contributed by atoms with Crippen molar-refractivity contribution in [2.24, 2.45) is 0 Å². The normalized spacial score (nSPS) is 10.5. The van der Waals surface area contributed by atoms with Crippen LogP contribution in [0.3, 0.4) is 0 Å². The minimum atomic E-state index is -0.196. The van der Waals surface area contributed by atoms with E-state index >= 15 is 0 Å². The van der Waals surface area contributed by atoms with Gasteiger partial charge in [-0.1, -0.05) is 24.3 Å². The predicted octanol–water partition coefficient (Wildman–Crippen LogP) is 4.09. The molecule has 0 radical (unpaired) electrons. The highest BCUT2D eigenvalue weighted by Crippen LogP contribution is 2.25. The highest BCUT2D eigenvalue weighted by molar-refractivity contribution is 7.18. The van der Waals surface area contributed by atoms with Crippen molar-refractivity contribution < 1.29 is 4.79 Å². The molecule has 1 amide bonds. The summed E-state index contributed by atoms with van der Waals surface area (Å²) in [4.78, 5) is 19.0. The molecule has 2 aromatic heterocycles. The lowest BCUT2D eigenvalue weighted by Gasteiger charge is -2.22. The molecule has 3 rings (SSSR count). The average Bonchev–Trinajstić information content (AvgIpc) is 3.15. The van der Waals surface area contributed by atoms with Gasteiger partial charge >= 0.3 is 0 Å². The molecule has 0 spiro atoms. The second-order valence-electron chi connectivity index (χ2n) is 5.71. The van der Waals surface area contributed by atoms with Crippen molar-refractivity contribution >= 4 is 28.1 Å². The lowest BCUT2D eigenvalue weighted by molar-refractivity contribution is 0.102. The summed E-state index contributed by atoms with van der Waals surface area (Å²) in [5.74, 6) is -0.196. The van der Waals surface area contributed by atoms with Crippen LogP contribution in [0.1, 0.15) is 30.6 Å². The number of nitrogens with one attached hydrogen (secondary N) is 1. The molecule has 134 valence electrons. The molecule has 0 saturated heterocycles. The van der Waals surface area contributed by atoms with Crippen molar-refractivity contribution in [2.45, 2.75) is 20.3 Å². The largest absolute Gasteiger partial charge is 0.372 e. The van der Waals surface area contributed by atoms with E-state index in [0.717, 1.165) is 30.9 Å². The Hall–Kier alpha value is -2.80. The number of anilines is 2. The molecule has 0 fully saturated rings. The highest BCUT2D eigenvalue weighted by Gasteiger charge is 2.12. The first-order valence-electron chi connectivity index (χ1n) is 8.62. The van der Waals surface area contributed by atoms with E-state index in [4.69, 9.17) is 0 Å². The van der Waals surface area contributed by atoms with Crippen LogP contribution in [-0.4, -0.2) is 34.2 Å². The van der Waals surface area contributed by atoms with Crippen LogP contribution in [0.2, 0.25) is 0 Å². The molecule has 0 aliphatic heterocycles. The van der Waals surface area contributed by atoms with Gasteiger partial charge in [-0.15, -0.1) is 10.2 Å². The monoisotopic (exact) mass is 367 g/mol. The van der Waals surface area contributed by atoms with Gasteiger partial charge < -0.3 is 4.90 Å². The van der Waals surface area contributed by atoms with E-state index < -0.39 is 0 Å². The number of pyridine rings is 1. The van der Waals surface area contributed by atoms with Gasteiger partial charge in [-0.25, -0.2) is 0 Å². The van der Waals surface area contributed by atoms with Crippen molar-refractivity contribution in [3.8, 4) is 10.7 Å². The molecule has 0 bridgehead atoms. The summed E-state index contributed by atoms with van der Waals surface area (Å²) in [6, 6.07) is 13.2. The van der Waals surface area contributed by atoms with Crippen molar-refractivity contribution in [2.75, 3.05) is 23.3 Å². The molecule has 0 atom stereocenters. The van der Waals surface area contributed by atoms with E-state index in [0.29, 0.717) is 15.7 Å². The van der Waals surface area contributed by atoms with Gasteiger partial charge in [0, 0.05) is 30.5 Å². The number of hydrogen-bond donors (Lipinski definition) is 1. The lowest BCUT2D eigenvalue weighted by Crippen LogP contribution is -2.23. The van der Waals surface area contributed by atoms with Gasteiger partial charge in [-0.05, 0) is 49.7 Å². The van der Waals surface area contributed by atoms with Crippen LogP contribution < -0.4 is 10.2 Å². The molecule has 0 unspecified atom stereocenters. The first-order chi connectivity index (χ1) is 12.7. The molecule has 0 aliphatic rings. The second kappa shape index (κ2) is 8.53. The quantitative estimate of drug-likeness (QED) is 0.681. The van der Waals surface area contributed by atoms with Gasteiger partial charge in [0.2, 0.25) is 5.13 Å². The van der Waals surface area contributed by atoms with E-state index in [1.54, 1.807) is 6.20 Å². The van der Waals surface area contributed by atoms with Gasteiger partial charge in [0.15, 0.2) is 5.01 Å². The Bertz CT molecular complexity index is 848. The zero-order chi connectivity index (χ0) is 18.4. The number of carbonyl (C=O) groups excluding carboxylic acids is 1. The summed E-state index contributed by atoms with van der Waals surface area (Å²) in [6.07, 6.45) is 2.79. The van der Waals surface area contributed by atoms with Crippen molar-refractivity contribution in [1.29, 1.82) is 0 Å². The molecule has 26 heavy (non-hydrogen) atoms. The Morgan fingerprint density at radius 1 is 1.12 bits per heavy atom. The molecular formula is C19H21N5OS. The smallest absolute Gasteiger partial charge is 0.257 e.